The lowest BCUT2D eigenvalue weighted by Crippen LogP contribution is -2.38. The van der Waals surface area contributed by atoms with Crippen LogP contribution in [0.15, 0.2) is 47.8 Å². The van der Waals surface area contributed by atoms with Crippen LogP contribution in [0.4, 0.5) is 13.2 Å². The largest absolute Gasteiger partial charge is 0.416 e. The van der Waals surface area contributed by atoms with Crippen molar-refractivity contribution in [2.45, 2.75) is 56.7 Å². The van der Waals surface area contributed by atoms with Crippen LogP contribution < -0.4 is 0 Å². The third-order valence-corrected chi connectivity index (χ3v) is 9.15. The number of amides is 2. The highest BCUT2D eigenvalue weighted by Gasteiger charge is 2.33. The van der Waals surface area contributed by atoms with E-state index in [1.807, 2.05) is 24.6 Å². The molecule has 2 amide bonds. The normalized spacial score (nSPS) is 18.1. The number of thiazole rings is 1. The molecule has 2 heterocycles. The molecule has 0 radical (unpaired) electrons. The predicted octanol–water partition coefficient (Wildman–Crippen LogP) is 6.91. The first-order valence-corrected chi connectivity index (χ1v) is 14.3. The maximum absolute atomic E-state index is 13.3. The summed E-state index contributed by atoms with van der Waals surface area (Å²) in [6.07, 6.45) is -0.328. The van der Waals surface area contributed by atoms with Gasteiger partial charge in [0.1, 0.15) is 5.69 Å². The topological polar surface area (TPSA) is 53.5 Å². The molecule has 0 spiro atoms. The van der Waals surface area contributed by atoms with Crippen molar-refractivity contribution < 1.29 is 22.8 Å². The quantitative estimate of drug-likeness (QED) is 0.332. The molecule has 2 aromatic carbocycles. The van der Waals surface area contributed by atoms with Gasteiger partial charge in [0.2, 0.25) is 5.91 Å². The fraction of sp³-hybridized carbons (Fsp3) is 0.414. The Kier molecular flexibility index (Phi) is 8.01. The van der Waals surface area contributed by atoms with Crippen LogP contribution in [0.25, 0.3) is 0 Å². The summed E-state index contributed by atoms with van der Waals surface area (Å²) in [5.74, 6) is -0.220. The first-order chi connectivity index (χ1) is 18.6. The molecule has 1 aliphatic heterocycles. The van der Waals surface area contributed by atoms with Gasteiger partial charge in [0, 0.05) is 36.5 Å². The Morgan fingerprint density at radius 1 is 1.13 bits per heavy atom. The van der Waals surface area contributed by atoms with Gasteiger partial charge in [-0.1, -0.05) is 35.9 Å². The van der Waals surface area contributed by atoms with Gasteiger partial charge in [-0.25, -0.2) is 4.98 Å². The number of carbonyl (C=O) groups is 2. The molecule has 0 saturated carbocycles. The second kappa shape index (κ2) is 11.3. The van der Waals surface area contributed by atoms with Crippen molar-refractivity contribution in [3.05, 3.63) is 85.8 Å². The Morgan fingerprint density at radius 3 is 2.62 bits per heavy atom. The number of fused-ring (bicyclic) bond motifs is 1. The minimum absolute atomic E-state index is 0.0344. The summed E-state index contributed by atoms with van der Waals surface area (Å²) in [5, 5.41) is 2.84. The van der Waals surface area contributed by atoms with Crippen molar-refractivity contribution in [2.75, 3.05) is 20.1 Å². The molecule has 10 heteroatoms. The van der Waals surface area contributed by atoms with E-state index in [4.69, 9.17) is 11.6 Å². The molecule has 1 aromatic heterocycles. The highest BCUT2D eigenvalue weighted by molar-refractivity contribution is 7.09. The predicted molar refractivity (Wildman–Crippen MR) is 145 cm³/mol. The van der Waals surface area contributed by atoms with Gasteiger partial charge in [-0.3, -0.25) is 9.59 Å². The Morgan fingerprint density at radius 2 is 1.87 bits per heavy atom. The molecule has 0 N–H and O–H groups in total. The molecule has 39 heavy (non-hydrogen) atoms. The van der Waals surface area contributed by atoms with Gasteiger partial charge < -0.3 is 9.80 Å². The second-order valence-corrected chi connectivity index (χ2v) is 11.5. The fourth-order valence-corrected chi connectivity index (χ4v) is 6.71. The lowest BCUT2D eigenvalue weighted by atomic mass is 9.87. The maximum atomic E-state index is 13.3. The first-order valence-electron chi connectivity index (χ1n) is 13.1. The Hall–Kier alpha value is -2.91. The number of benzene rings is 2. The highest BCUT2D eigenvalue weighted by Crippen LogP contribution is 2.36. The number of aromatic nitrogens is 1. The standard InChI is InChI=1S/C29H29ClF3N3O2S/c1-35(25-8-4-6-18-5-2-3-7-22(18)25)28(38)24-17-39-27(34-24)19-11-13-36(14-12-19)26(37)16-20-15-21(29(31,32)33)9-10-23(20)30/h2-3,5,7,9-10,15,17,19,25H,4,6,8,11-14,16H2,1H3/t25-/m1/s1. The number of hydrogen-bond acceptors (Lipinski definition) is 4. The van der Waals surface area contributed by atoms with Gasteiger partial charge in [-0.05, 0) is 67.0 Å². The maximum Gasteiger partial charge on any atom is 0.416 e. The summed E-state index contributed by atoms with van der Waals surface area (Å²) in [5.41, 5.74) is 2.30. The van der Waals surface area contributed by atoms with Crippen molar-refractivity contribution in [3.8, 4) is 0 Å². The molecule has 1 atom stereocenters. The SMILES string of the molecule is CN(C(=O)c1csc(C2CCN(C(=O)Cc3cc(C(F)(F)F)ccc3Cl)CC2)n1)[C@@H]1CCCc2ccccc21. The van der Waals surface area contributed by atoms with Gasteiger partial charge in [-0.15, -0.1) is 11.3 Å². The Bertz CT molecular complexity index is 1370. The Labute approximate surface area is 234 Å². The van der Waals surface area contributed by atoms with Crippen LogP contribution in [-0.4, -0.2) is 46.7 Å². The number of likely N-dealkylation sites (tertiary alicyclic amines) is 1. The smallest absolute Gasteiger partial charge is 0.342 e. The summed E-state index contributed by atoms with van der Waals surface area (Å²) in [4.78, 5) is 34.3. The van der Waals surface area contributed by atoms with Crippen LogP contribution in [0, 0.1) is 0 Å². The van der Waals surface area contributed by atoms with Crippen LogP contribution in [0.5, 0.6) is 0 Å². The molecule has 2 aliphatic rings. The number of alkyl halides is 3. The number of carbonyl (C=O) groups excluding carboxylic acids is 2. The van der Waals surface area contributed by atoms with Crippen molar-refractivity contribution in [3.63, 3.8) is 0 Å². The molecule has 3 aromatic rings. The van der Waals surface area contributed by atoms with E-state index in [2.05, 4.69) is 17.1 Å². The lowest BCUT2D eigenvalue weighted by molar-refractivity contribution is -0.138. The monoisotopic (exact) mass is 575 g/mol. The molecule has 1 aliphatic carbocycles. The molecule has 0 bridgehead atoms. The second-order valence-electron chi connectivity index (χ2n) is 10.2. The third-order valence-electron chi connectivity index (χ3n) is 7.78. The van der Waals surface area contributed by atoms with E-state index in [-0.39, 0.29) is 40.8 Å². The van der Waals surface area contributed by atoms with Gasteiger partial charge in [0.15, 0.2) is 0 Å². The zero-order chi connectivity index (χ0) is 27.7. The molecular formula is C29H29ClF3N3O2S. The molecule has 5 nitrogen and oxygen atoms in total. The van der Waals surface area contributed by atoms with Crippen LogP contribution in [0.2, 0.25) is 5.02 Å². The zero-order valence-corrected chi connectivity index (χ0v) is 23.1. The zero-order valence-electron chi connectivity index (χ0n) is 21.5. The van der Waals surface area contributed by atoms with Crippen LogP contribution >= 0.6 is 22.9 Å². The van der Waals surface area contributed by atoms with Gasteiger partial charge >= 0.3 is 6.18 Å². The molecule has 1 fully saturated rings. The Balaban J connectivity index is 1.19. The van der Waals surface area contributed by atoms with Gasteiger partial charge in [-0.2, -0.15) is 13.2 Å². The van der Waals surface area contributed by atoms with Crippen molar-refractivity contribution in [2.24, 2.45) is 0 Å². The van der Waals surface area contributed by atoms with Gasteiger partial charge in [0.25, 0.3) is 5.91 Å². The highest BCUT2D eigenvalue weighted by atomic mass is 35.5. The lowest BCUT2D eigenvalue weighted by Gasteiger charge is -2.33. The summed E-state index contributed by atoms with van der Waals surface area (Å²) in [6, 6.07) is 11.4. The minimum atomic E-state index is -4.50. The van der Waals surface area contributed by atoms with E-state index in [0.29, 0.717) is 31.6 Å². The van der Waals surface area contributed by atoms with Crippen molar-refractivity contribution in [1.82, 2.24) is 14.8 Å². The van der Waals surface area contributed by atoms with Crippen LogP contribution in [-0.2, 0) is 23.8 Å². The van der Waals surface area contributed by atoms with E-state index in [1.54, 1.807) is 9.80 Å². The van der Waals surface area contributed by atoms with Crippen LogP contribution in [0.3, 0.4) is 0 Å². The number of hydrogen-bond donors (Lipinski definition) is 0. The molecule has 206 valence electrons. The first kappa shape index (κ1) is 27.6. The molecule has 5 rings (SSSR count). The average molecular weight is 576 g/mol. The van der Waals surface area contributed by atoms with E-state index in [1.165, 1.54) is 28.5 Å². The van der Waals surface area contributed by atoms with Crippen LogP contribution in [0.1, 0.15) is 75.4 Å². The summed E-state index contributed by atoms with van der Waals surface area (Å²) in [6.45, 7) is 0.948. The summed E-state index contributed by atoms with van der Waals surface area (Å²) >= 11 is 7.55. The molecule has 1 saturated heterocycles. The fourth-order valence-electron chi connectivity index (χ4n) is 5.56. The van der Waals surface area contributed by atoms with Gasteiger partial charge in [0.05, 0.1) is 23.0 Å². The number of aryl methyl sites for hydroxylation is 1. The molecule has 0 unspecified atom stereocenters. The number of halogens is 4. The minimum Gasteiger partial charge on any atom is -0.342 e. The number of nitrogens with zero attached hydrogens (tertiary/aromatic N) is 3. The molecular weight excluding hydrogens is 547 g/mol. The van der Waals surface area contributed by atoms with Crippen molar-refractivity contribution >= 4 is 34.8 Å². The van der Waals surface area contributed by atoms with E-state index in [9.17, 15) is 22.8 Å². The van der Waals surface area contributed by atoms with Crippen molar-refractivity contribution in [1.29, 1.82) is 0 Å². The number of rotatable bonds is 5. The van der Waals surface area contributed by atoms with E-state index in [0.717, 1.165) is 36.4 Å². The number of piperidine rings is 1. The summed E-state index contributed by atoms with van der Waals surface area (Å²) in [7, 11) is 1.84. The summed E-state index contributed by atoms with van der Waals surface area (Å²) < 4.78 is 39.2. The van der Waals surface area contributed by atoms with E-state index < -0.39 is 11.7 Å². The third kappa shape index (κ3) is 5.99. The average Bonchev–Trinajstić information content (AvgIpc) is 3.43. The van der Waals surface area contributed by atoms with E-state index >= 15 is 0 Å².